The highest BCUT2D eigenvalue weighted by Gasteiger charge is 2.50. The molecule has 29 heavy (non-hydrogen) atoms. The van der Waals surface area contributed by atoms with Crippen LogP contribution in [-0.4, -0.2) is 59.8 Å². The lowest BCUT2D eigenvalue weighted by Crippen LogP contribution is -2.51. The molecule has 1 saturated heterocycles. The summed E-state index contributed by atoms with van der Waals surface area (Å²) in [6, 6.07) is 5.65. The molecular formula is C17H23F3N6O2S. The molecule has 2 aromatic heterocycles. The molecule has 0 bridgehead atoms. The van der Waals surface area contributed by atoms with E-state index in [-0.39, 0.29) is 32.0 Å². The number of halogens is 3. The molecule has 160 valence electrons. The third kappa shape index (κ3) is 4.64. The Morgan fingerprint density at radius 2 is 2.00 bits per heavy atom. The lowest BCUT2D eigenvalue weighted by Gasteiger charge is -2.32. The fraction of sp³-hybridized carbons (Fsp3) is 0.529. The molecular weight excluding hydrogens is 409 g/mol. The normalized spacial score (nSPS) is 17.6. The molecule has 0 atom stereocenters. The molecule has 12 heteroatoms. The Hall–Kier alpha value is -2.34. The van der Waals surface area contributed by atoms with E-state index in [0.29, 0.717) is 16.8 Å². The molecule has 0 aromatic carbocycles. The van der Waals surface area contributed by atoms with Crippen LogP contribution in [0.2, 0.25) is 0 Å². The van der Waals surface area contributed by atoms with Gasteiger partial charge in [-0.15, -0.1) is 0 Å². The molecule has 2 N–H and O–H groups in total. The Bertz CT molecular complexity index is 994. The van der Waals surface area contributed by atoms with Crippen LogP contribution in [0.1, 0.15) is 24.2 Å². The van der Waals surface area contributed by atoms with E-state index in [9.17, 15) is 21.6 Å². The highest BCUT2D eigenvalue weighted by atomic mass is 32.2. The number of hydrogen-bond acceptors (Lipinski definition) is 4. The zero-order chi connectivity index (χ0) is 21.2. The first-order valence-electron chi connectivity index (χ1n) is 9.09. The largest absolute Gasteiger partial charge is 0.511 e. The van der Waals surface area contributed by atoms with E-state index >= 15 is 0 Å². The molecule has 1 fully saturated rings. The van der Waals surface area contributed by atoms with Crippen molar-refractivity contribution in [3.05, 3.63) is 35.8 Å². The van der Waals surface area contributed by atoms with Gasteiger partial charge in [0.2, 0.25) is 0 Å². The van der Waals surface area contributed by atoms with Crippen molar-refractivity contribution in [1.82, 2.24) is 24.3 Å². The van der Waals surface area contributed by atoms with Crippen molar-refractivity contribution in [2.45, 2.75) is 37.9 Å². The molecule has 0 saturated carbocycles. The molecule has 1 aliphatic heterocycles. The maximum Gasteiger partial charge on any atom is 0.511 e. The first-order chi connectivity index (χ1) is 13.6. The Morgan fingerprint density at radius 1 is 1.31 bits per heavy atom. The van der Waals surface area contributed by atoms with E-state index < -0.39 is 15.5 Å². The first-order valence-corrected chi connectivity index (χ1v) is 10.5. The van der Waals surface area contributed by atoms with Crippen molar-refractivity contribution in [1.29, 1.82) is 0 Å². The number of pyridine rings is 1. The Morgan fingerprint density at radius 3 is 2.59 bits per heavy atom. The van der Waals surface area contributed by atoms with Gasteiger partial charge in [0, 0.05) is 38.1 Å². The Kier molecular flexibility index (Phi) is 6.03. The van der Waals surface area contributed by atoms with Gasteiger partial charge in [-0.3, -0.25) is 4.99 Å². The van der Waals surface area contributed by atoms with Crippen molar-refractivity contribution in [2.24, 2.45) is 4.99 Å². The van der Waals surface area contributed by atoms with Gasteiger partial charge in [-0.05, 0) is 31.9 Å². The highest BCUT2D eigenvalue weighted by Crippen LogP contribution is 2.28. The number of piperidine rings is 1. The molecule has 2 aromatic rings. The Labute approximate surface area is 166 Å². The van der Waals surface area contributed by atoms with Crippen LogP contribution in [0.15, 0.2) is 29.4 Å². The minimum absolute atomic E-state index is 0.177. The van der Waals surface area contributed by atoms with Crippen molar-refractivity contribution in [3.8, 4) is 0 Å². The third-order valence-electron chi connectivity index (χ3n) is 4.83. The number of hydrogen-bond donors (Lipinski definition) is 2. The number of aromatic nitrogens is 2. The summed E-state index contributed by atoms with van der Waals surface area (Å²) < 4.78 is 63.4. The smallest absolute Gasteiger partial charge is 0.354 e. The third-order valence-corrected chi connectivity index (χ3v) is 6.46. The Balaban J connectivity index is 1.54. The topological polar surface area (TPSA) is 91.1 Å². The molecule has 0 unspecified atom stereocenters. The number of sulfonamides is 1. The zero-order valence-electron chi connectivity index (χ0n) is 16.1. The predicted molar refractivity (Wildman–Crippen MR) is 103 cm³/mol. The molecule has 1 aliphatic rings. The predicted octanol–water partition coefficient (Wildman–Crippen LogP) is 1.62. The average Bonchev–Trinajstić information content (AvgIpc) is 3.09. The second-order valence-electron chi connectivity index (χ2n) is 6.82. The number of guanidine groups is 1. The number of nitrogens with zero attached hydrogens (tertiary/aromatic N) is 4. The van der Waals surface area contributed by atoms with Gasteiger partial charge in [0.15, 0.2) is 5.96 Å². The fourth-order valence-corrected chi connectivity index (χ4v) is 4.22. The van der Waals surface area contributed by atoms with Crippen LogP contribution in [0.3, 0.4) is 0 Å². The molecule has 0 amide bonds. The summed E-state index contributed by atoms with van der Waals surface area (Å²) in [6.07, 6.45) is 2.43. The van der Waals surface area contributed by atoms with Crippen molar-refractivity contribution in [2.75, 3.05) is 20.1 Å². The van der Waals surface area contributed by atoms with E-state index in [1.165, 1.54) is 0 Å². The van der Waals surface area contributed by atoms with Gasteiger partial charge in [0.05, 0.1) is 12.2 Å². The lowest BCUT2D eigenvalue weighted by atomic mass is 10.1. The summed E-state index contributed by atoms with van der Waals surface area (Å²) in [4.78, 5) is 8.65. The summed E-state index contributed by atoms with van der Waals surface area (Å²) in [6.45, 7) is 2.02. The molecule has 0 aliphatic carbocycles. The van der Waals surface area contributed by atoms with Gasteiger partial charge < -0.3 is 15.0 Å². The lowest BCUT2D eigenvalue weighted by molar-refractivity contribution is -0.0494. The van der Waals surface area contributed by atoms with Crippen molar-refractivity contribution in [3.63, 3.8) is 0 Å². The van der Waals surface area contributed by atoms with Crippen LogP contribution in [0.5, 0.6) is 0 Å². The van der Waals surface area contributed by atoms with Crippen molar-refractivity contribution < 1.29 is 21.6 Å². The summed E-state index contributed by atoms with van der Waals surface area (Å²) in [5.41, 5.74) is -2.56. The van der Waals surface area contributed by atoms with Crippen LogP contribution in [0.4, 0.5) is 13.2 Å². The summed E-state index contributed by atoms with van der Waals surface area (Å²) in [5, 5.41) is 6.26. The second-order valence-corrected chi connectivity index (χ2v) is 8.75. The zero-order valence-corrected chi connectivity index (χ0v) is 16.9. The van der Waals surface area contributed by atoms with E-state index in [1.807, 2.05) is 35.7 Å². The van der Waals surface area contributed by atoms with E-state index in [2.05, 4.69) is 20.6 Å². The number of aryl methyl sites for hydroxylation is 1. The van der Waals surface area contributed by atoms with E-state index in [1.54, 1.807) is 7.05 Å². The average molecular weight is 432 g/mol. The van der Waals surface area contributed by atoms with Crippen LogP contribution in [0.25, 0.3) is 5.65 Å². The monoisotopic (exact) mass is 432 g/mol. The molecule has 3 rings (SSSR count). The van der Waals surface area contributed by atoms with Crippen LogP contribution < -0.4 is 10.6 Å². The van der Waals surface area contributed by atoms with E-state index in [4.69, 9.17) is 0 Å². The van der Waals surface area contributed by atoms with Gasteiger partial charge in [-0.2, -0.15) is 17.5 Å². The summed E-state index contributed by atoms with van der Waals surface area (Å²) in [5.74, 6) is 0.482. The van der Waals surface area contributed by atoms with E-state index in [0.717, 1.165) is 17.0 Å². The number of aliphatic imine (C=N–C) groups is 1. The summed E-state index contributed by atoms with van der Waals surface area (Å²) >= 11 is 0. The minimum atomic E-state index is -5.27. The maximum atomic E-state index is 12.7. The molecule has 0 spiro atoms. The first kappa shape index (κ1) is 21.4. The fourth-order valence-electron chi connectivity index (χ4n) is 3.23. The number of rotatable bonds is 4. The van der Waals surface area contributed by atoms with Gasteiger partial charge in [-0.25, -0.2) is 13.4 Å². The van der Waals surface area contributed by atoms with Crippen LogP contribution in [-0.2, 0) is 16.6 Å². The standard InChI is InChI=1S/C17H23F3N6O2S/c1-12-4-3-5-15-23-14(11-26(12)15)10-22-16(21-2)24-13-6-8-25(9-7-13)29(27,28)17(18,19)20/h3-5,11,13H,6-10H2,1-2H3,(H2,21,22,24). The second kappa shape index (κ2) is 8.19. The molecule has 0 radical (unpaired) electrons. The number of alkyl halides is 3. The molecule has 8 nitrogen and oxygen atoms in total. The SMILES string of the molecule is CN=C(NCc1cn2c(C)cccc2n1)NC1CCN(S(=O)(=O)C(F)(F)F)CC1. The minimum Gasteiger partial charge on any atom is -0.354 e. The van der Waals surface area contributed by atoms with Gasteiger partial charge in [0.1, 0.15) is 5.65 Å². The van der Waals surface area contributed by atoms with Gasteiger partial charge in [-0.1, -0.05) is 6.07 Å². The molecule has 3 heterocycles. The van der Waals surface area contributed by atoms with Crippen LogP contribution in [0, 0.1) is 6.92 Å². The van der Waals surface area contributed by atoms with Gasteiger partial charge in [0.25, 0.3) is 0 Å². The van der Waals surface area contributed by atoms with Gasteiger partial charge >= 0.3 is 15.5 Å². The van der Waals surface area contributed by atoms with Crippen LogP contribution >= 0.6 is 0 Å². The number of fused-ring (bicyclic) bond motifs is 1. The highest BCUT2D eigenvalue weighted by molar-refractivity contribution is 7.90. The number of nitrogens with one attached hydrogen (secondary N) is 2. The maximum absolute atomic E-state index is 12.7. The quantitative estimate of drug-likeness (QED) is 0.566. The summed E-state index contributed by atoms with van der Waals surface area (Å²) in [7, 11) is -3.68. The number of imidazole rings is 1. The van der Waals surface area contributed by atoms with Crippen molar-refractivity contribution >= 4 is 21.6 Å².